The maximum atomic E-state index is 13.8. The highest BCUT2D eigenvalue weighted by Gasteiger charge is 2.13. The van der Waals surface area contributed by atoms with Crippen molar-refractivity contribution in [2.45, 2.75) is 13.3 Å². The minimum absolute atomic E-state index is 0.0193. The van der Waals surface area contributed by atoms with Crippen molar-refractivity contribution in [2.75, 3.05) is 17.2 Å². The Morgan fingerprint density at radius 3 is 2.57 bits per heavy atom. The molecule has 2 aromatic rings. The van der Waals surface area contributed by atoms with E-state index in [4.69, 9.17) is 11.6 Å². The first kappa shape index (κ1) is 16.0. The van der Waals surface area contributed by atoms with Crippen LogP contribution in [0.3, 0.4) is 0 Å². The maximum Gasteiger partial charge on any atom is 0.169 e. The van der Waals surface area contributed by atoms with E-state index >= 15 is 0 Å². The lowest BCUT2D eigenvalue weighted by molar-refractivity contribution is 0.579. The average molecular weight is 377 g/mol. The molecule has 0 amide bonds. The summed E-state index contributed by atoms with van der Waals surface area (Å²) in [7, 11) is 0. The maximum absolute atomic E-state index is 13.8. The number of nitrogens with one attached hydrogen (secondary N) is 2. The van der Waals surface area contributed by atoms with E-state index in [1.807, 2.05) is 6.92 Å². The van der Waals surface area contributed by atoms with Crippen molar-refractivity contribution < 1.29 is 8.78 Å². The standard InChI is InChI=1S/C14H13BrClF2N3/c1-2-5-19-13-10(17)7-11(18)14(21-13)20-12-4-3-8(16)6-9(12)15/h3-4,6-7H,2,5H2,1H3,(H2,19,20,21). The molecule has 2 N–H and O–H groups in total. The number of pyridine rings is 1. The molecule has 0 aliphatic heterocycles. The van der Waals surface area contributed by atoms with Crippen molar-refractivity contribution in [1.82, 2.24) is 4.98 Å². The van der Waals surface area contributed by atoms with Crippen LogP contribution in [0.5, 0.6) is 0 Å². The molecule has 0 saturated carbocycles. The van der Waals surface area contributed by atoms with Crippen LogP contribution in [0.15, 0.2) is 28.7 Å². The summed E-state index contributed by atoms with van der Waals surface area (Å²) in [6, 6.07) is 5.81. The molecule has 2 rings (SSSR count). The molecule has 0 spiro atoms. The molecule has 112 valence electrons. The van der Waals surface area contributed by atoms with Gasteiger partial charge >= 0.3 is 0 Å². The van der Waals surface area contributed by atoms with Crippen LogP contribution in [0.2, 0.25) is 5.02 Å². The monoisotopic (exact) mass is 375 g/mol. The first-order valence-corrected chi connectivity index (χ1v) is 7.50. The molecule has 0 aliphatic carbocycles. The summed E-state index contributed by atoms with van der Waals surface area (Å²) in [6.07, 6.45) is 0.810. The van der Waals surface area contributed by atoms with E-state index in [-0.39, 0.29) is 11.6 Å². The van der Waals surface area contributed by atoms with Crippen LogP contribution in [0.4, 0.5) is 26.1 Å². The molecule has 7 heteroatoms. The third kappa shape index (κ3) is 4.04. The van der Waals surface area contributed by atoms with Gasteiger partial charge in [0, 0.05) is 22.1 Å². The Morgan fingerprint density at radius 1 is 1.19 bits per heavy atom. The Kier molecular flexibility index (Phi) is 5.36. The largest absolute Gasteiger partial charge is 0.368 e. The lowest BCUT2D eigenvalue weighted by Crippen LogP contribution is -2.07. The van der Waals surface area contributed by atoms with Gasteiger partial charge in [-0.15, -0.1) is 0 Å². The first-order valence-electron chi connectivity index (χ1n) is 6.33. The predicted octanol–water partition coefficient (Wildman–Crippen LogP) is 5.34. The molecular weight excluding hydrogens is 364 g/mol. The molecule has 0 bridgehead atoms. The molecule has 0 unspecified atom stereocenters. The van der Waals surface area contributed by atoms with Gasteiger partial charge in [0.1, 0.15) is 0 Å². The van der Waals surface area contributed by atoms with Crippen molar-refractivity contribution in [3.8, 4) is 0 Å². The van der Waals surface area contributed by atoms with E-state index in [1.165, 1.54) is 0 Å². The number of rotatable bonds is 5. The van der Waals surface area contributed by atoms with Crippen molar-refractivity contribution in [3.05, 3.63) is 45.4 Å². The minimum atomic E-state index is -0.767. The SMILES string of the molecule is CCCNc1nc(Nc2ccc(Cl)cc2Br)c(F)cc1F. The highest BCUT2D eigenvalue weighted by atomic mass is 79.9. The van der Waals surface area contributed by atoms with Gasteiger partial charge in [-0.25, -0.2) is 13.8 Å². The summed E-state index contributed by atoms with van der Waals surface area (Å²) in [4.78, 5) is 3.94. The molecule has 0 fully saturated rings. The van der Waals surface area contributed by atoms with E-state index in [0.717, 1.165) is 12.5 Å². The Labute approximate surface area is 134 Å². The van der Waals surface area contributed by atoms with Crippen molar-refractivity contribution in [2.24, 2.45) is 0 Å². The van der Waals surface area contributed by atoms with E-state index in [0.29, 0.717) is 21.7 Å². The number of aromatic nitrogens is 1. The van der Waals surface area contributed by atoms with E-state index in [1.54, 1.807) is 18.2 Å². The molecule has 1 aromatic carbocycles. The van der Waals surface area contributed by atoms with Crippen LogP contribution in [-0.2, 0) is 0 Å². The fourth-order valence-electron chi connectivity index (χ4n) is 1.64. The van der Waals surface area contributed by atoms with Gasteiger partial charge < -0.3 is 10.6 Å². The molecule has 1 aromatic heterocycles. The smallest absolute Gasteiger partial charge is 0.169 e. The zero-order valence-corrected chi connectivity index (χ0v) is 13.5. The Balaban J connectivity index is 2.30. The lowest BCUT2D eigenvalue weighted by Gasteiger charge is -2.12. The van der Waals surface area contributed by atoms with Crippen LogP contribution in [0.25, 0.3) is 0 Å². The van der Waals surface area contributed by atoms with Crippen molar-refractivity contribution in [3.63, 3.8) is 0 Å². The van der Waals surface area contributed by atoms with Crippen LogP contribution in [0.1, 0.15) is 13.3 Å². The molecule has 0 atom stereocenters. The molecule has 0 aliphatic rings. The van der Waals surface area contributed by atoms with Gasteiger partial charge in [0.15, 0.2) is 23.3 Å². The normalized spacial score (nSPS) is 10.5. The highest BCUT2D eigenvalue weighted by Crippen LogP contribution is 2.30. The summed E-state index contributed by atoms with van der Waals surface area (Å²) in [6.45, 7) is 2.50. The minimum Gasteiger partial charge on any atom is -0.368 e. The second-order valence-electron chi connectivity index (χ2n) is 4.33. The molecule has 3 nitrogen and oxygen atoms in total. The molecule has 0 saturated heterocycles. The lowest BCUT2D eigenvalue weighted by atomic mass is 10.3. The quantitative estimate of drug-likeness (QED) is 0.739. The van der Waals surface area contributed by atoms with Crippen LogP contribution in [-0.4, -0.2) is 11.5 Å². The van der Waals surface area contributed by atoms with Gasteiger partial charge in [0.25, 0.3) is 0 Å². The number of halogens is 4. The first-order chi connectivity index (χ1) is 10.0. The fraction of sp³-hybridized carbons (Fsp3) is 0.214. The Bertz CT molecular complexity index is 652. The van der Waals surface area contributed by atoms with Crippen molar-refractivity contribution >= 4 is 44.9 Å². The zero-order valence-electron chi connectivity index (χ0n) is 11.2. The van der Waals surface area contributed by atoms with Gasteiger partial charge in [0.2, 0.25) is 0 Å². The second kappa shape index (κ2) is 7.04. The van der Waals surface area contributed by atoms with Gasteiger partial charge in [0.05, 0.1) is 5.69 Å². The van der Waals surface area contributed by atoms with E-state index < -0.39 is 11.6 Å². The number of hydrogen-bond acceptors (Lipinski definition) is 3. The third-order valence-electron chi connectivity index (χ3n) is 2.66. The van der Waals surface area contributed by atoms with Crippen molar-refractivity contribution in [1.29, 1.82) is 0 Å². The summed E-state index contributed by atoms with van der Waals surface area (Å²) in [5.41, 5.74) is 0.582. The Hall–Kier alpha value is -1.40. The van der Waals surface area contributed by atoms with Crippen LogP contribution < -0.4 is 10.6 Å². The number of nitrogens with zero attached hydrogens (tertiary/aromatic N) is 1. The Morgan fingerprint density at radius 2 is 1.90 bits per heavy atom. The predicted molar refractivity (Wildman–Crippen MR) is 85.4 cm³/mol. The average Bonchev–Trinajstić information content (AvgIpc) is 2.43. The van der Waals surface area contributed by atoms with Gasteiger partial charge in [-0.1, -0.05) is 18.5 Å². The highest BCUT2D eigenvalue weighted by molar-refractivity contribution is 9.10. The molecule has 0 radical (unpaired) electrons. The van der Waals surface area contributed by atoms with Gasteiger partial charge in [-0.05, 0) is 40.5 Å². The summed E-state index contributed by atoms with van der Waals surface area (Å²) < 4.78 is 28.1. The molecular formula is C14H13BrClF2N3. The topological polar surface area (TPSA) is 37.0 Å². The molecule has 1 heterocycles. The van der Waals surface area contributed by atoms with Gasteiger partial charge in [-0.2, -0.15) is 0 Å². The second-order valence-corrected chi connectivity index (χ2v) is 5.62. The molecule has 21 heavy (non-hydrogen) atoms. The van der Waals surface area contributed by atoms with Crippen LogP contribution in [0, 0.1) is 11.6 Å². The van der Waals surface area contributed by atoms with E-state index in [2.05, 4.69) is 31.5 Å². The fourth-order valence-corrected chi connectivity index (χ4v) is 2.42. The number of benzene rings is 1. The summed E-state index contributed by atoms with van der Waals surface area (Å²) >= 11 is 9.16. The van der Waals surface area contributed by atoms with Gasteiger partial charge in [-0.3, -0.25) is 0 Å². The third-order valence-corrected chi connectivity index (χ3v) is 3.55. The number of anilines is 3. The van der Waals surface area contributed by atoms with E-state index in [9.17, 15) is 8.78 Å². The number of hydrogen-bond donors (Lipinski definition) is 2. The summed E-state index contributed by atoms with van der Waals surface area (Å²) in [5, 5.41) is 6.17. The van der Waals surface area contributed by atoms with Crippen LogP contribution >= 0.6 is 27.5 Å². The summed E-state index contributed by atoms with van der Waals surface area (Å²) in [5.74, 6) is -1.53. The zero-order chi connectivity index (χ0) is 15.4.